The first kappa shape index (κ1) is 18.2. The van der Waals surface area contributed by atoms with Crippen molar-refractivity contribution in [2.75, 3.05) is 11.9 Å². The number of benzene rings is 1. The molecule has 3 N–H and O–H groups in total. The molecule has 6 nitrogen and oxygen atoms in total. The monoisotopic (exact) mass is 384 g/mol. The Morgan fingerprint density at radius 3 is 2.62 bits per heavy atom. The number of fused-ring (bicyclic) bond motifs is 1. The Labute approximate surface area is 150 Å². The first-order chi connectivity index (χ1) is 12.3. The summed E-state index contributed by atoms with van der Waals surface area (Å²) in [4.78, 5) is 3.94. The Kier molecular flexibility index (Phi) is 4.84. The number of alkyl halides is 3. The molecule has 10 heteroatoms. The molecule has 26 heavy (non-hydrogen) atoms. The van der Waals surface area contributed by atoms with Gasteiger partial charge >= 0.3 is 6.18 Å². The zero-order chi connectivity index (χ0) is 18.9. The number of aliphatic hydroxyl groups excluding tert-OH is 1. The summed E-state index contributed by atoms with van der Waals surface area (Å²) in [5, 5.41) is 30.8. The molecule has 1 aromatic carbocycles. The number of nitrogens with zero attached hydrogens (tertiary/aromatic N) is 3. The highest BCUT2D eigenvalue weighted by Gasteiger charge is 2.38. The topological polar surface area (TPSA) is 91.2 Å². The number of anilines is 1. The molecule has 0 fully saturated rings. The summed E-state index contributed by atoms with van der Waals surface area (Å²) in [7, 11) is 0. The van der Waals surface area contributed by atoms with Crippen LogP contribution in [0.5, 0.6) is 5.75 Å². The lowest BCUT2D eigenvalue weighted by atomic mass is 10.1. The minimum absolute atomic E-state index is 0.0357. The van der Waals surface area contributed by atoms with Gasteiger partial charge in [0.25, 0.3) is 0 Å². The second-order valence-electron chi connectivity index (χ2n) is 5.42. The molecule has 3 aromatic rings. The number of aromatic nitrogens is 3. The highest BCUT2D eigenvalue weighted by Crippen LogP contribution is 2.35. The predicted octanol–water partition coefficient (Wildman–Crippen LogP) is 3.39. The van der Waals surface area contributed by atoms with Crippen LogP contribution in [0.1, 0.15) is 0 Å². The van der Waals surface area contributed by atoms with E-state index in [1.807, 2.05) is 0 Å². The summed E-state index contributed by atoms with van der Waals surface area (Å²) in [6.45, 7) is -0.784. The van der Waals surface area contributed by atoms with Crippen molar-refractivity contribution in [3.8, 4) is 17.0 Å². The third kappa shape index (κ3) is 3.63. The molecular weight excluding hydrogens is 373 g/mol. The average Bonchev–Trinajstić information content (AvgIpc) is 2.59. The van der Waals surface area contributed by atoms with Crippen molar-refractivity contribution in [1.29, 1.82) is 0 Å². The maximum Gasteiger partial charge on any atom is 0.416 e. The Hall–Kier alpha value is -2.65. The highest BCUT2D eigenvalue weighted by atomic mass is 35.5. The minimum Gasteiger partial charge on any atom is -0.507 e. The SMILES string of the molecule is Oc1cc(Cl)ccc1-c1nnc(NCC(O)C(F)(F)F)c2cnccc12. The van der Waals surface area contributed by atoms with E-state index in [0.717, 1.165) is 0 Å². The van der Waals surface area contributed by atoms with Gasteiger partial charge in [-0.2, -0.15) is 13.2 Å². The zero-order valence-corrected chi connectivity index (χ0v) is 13.8. The van der Waals surface area contributed by atoms with Gasteiger partial charge in [0.05, 0.1) is 6.54 Å². The largest absolute Gasteiger partial charge is 0.507 e. The Morgan fingerprint density at radius 2 is 1.92 bits per heavy atom. The molecule has 2 aromatic heterocycles. The van der Waals surface area contributed by atoms with Gasteiger partial charge in [-0.25, -0.2) is 0 Å². The second-order valence-corrected chi connectivity index (χ2v) is 5.85. The van der Waals surface area contributed by atoms with E-state index in [4.69, 9.17) is 16.7 Å². The van der Waals surface area contributed by atoms with Crippen LogP contribution in [-0.4, -0.2) is 44.2 Å². The van der Waals surface area contributed by atoms with E-state index < -0.39 is 18.8 Å². The molecule has 0 bridgehead atoms. The van der Waals surface area contributed by atoms with Crippen molar-refractivity contribution in [2.45, 2.75) is 12.3 Å². The quantitative estimate of drug-likeness (QED) is 0.638. The maximum atomic E-state index is 12.5. The Morgan fingerprint density at radius 1 is 1.15 bits per heavy atom. The molecule has 0 aliphatic rings. The van der Waals surface area contributed by atoms with E-state index in [-0.39, 0.29) is 11.6 Å². The van der Waals surface area contributed by atoms with Crippen molar-refractivity contribution in [3.05, 3.63) is 41.7 Å². The summed E-state index contributed by atoms with van der Waals surface area (Å²) in [5.41, 5.74) is 0.679. The maximum absolute atomic E-state index is 12.5. The van der Waals surface area contributed by atoms with Crippen molar-refractivity contribution in [3.63, 3.8) is 0 Å². The fraction of sp³-hybridized carbons (Fsp3) is 0.188. The van der Waals surface area contributed by atoms with Gasteiger partial charge in [0.2, 0.25) is 0 Å². The molecule has 0 saturated carbocycles. The van der Waals surface area contributed by atoms with Crippen LogP contribution >= 0.6 is 11.6 Å². The number of halogens is 4. The van der Waals surface area contributed by atoms with E-state index in [9.17, 15) is 18.3 Å². The van der Waals surface area contributed by atoms with Crippen LogP contribution in [0.2, 0.25) is 5.02 Å². The van der Waals surface area contributed by atoms with Crippen LogP contribution in [0, 0.1) is 0 Å². The third-order valence-electron chi connectivity index (χ3n) is 3.64. The number of hydrogen-bond acceptors (Lipinski definition) is 6. The van der Waals surface area contributed by atoms with Crippen molar-refractivity contribution >= 4 is 28.2 Å². The number of pyridine rings is 1. The second kappa shape index (κ2) is 6.93. The average molecular weight is 385 g/mol. The lowest BCUT2D eigenvalue weighted by molar-refractivity contribution is -0.198. The summed E-state index contributed by atoms with van der Waals surface area (Å²) < 4.78 is 37.4. The van der Waals surface area contributed by atoms with Gasteiger partial charge in [-0.05, 0) is 24.3 Å². The number of phenols is 1. The van der Waals surface area contributed by atoms with Crippen LogP contribution < -0.4 is 5.32 Å². The highest BCUT2D eigenvalue weighted by molar-refractivity contribution is 6.30. The number of hydrogen-bond donors (Lipinski definition) is 3. The van der Waals surface area contributed by atoms with Crippen LogP contribution in [0.15, 0.2) is 36.7 Å². The van der Waals surface area contributed by atoms with Crippen LogP contribution in [0.3, 0.4) is 0 Å². The summed E-state index contributed by atoms with van der Waals surface area (Å²) in [5.74, 6) is -0.0771. The number of aliphatic hydroxyl groups is 1. The molecule has 2 heterocycles. The van der Waals surface area contributed by atoms with E-state index >= 15 is 0 Å². The van der Waals surface area contributed by atoms with Gasteiger partial charge in [0.15, 0.2) is 11.9 Å². The lowest BCUT2D eigenvalue weighted by Crippen LogP contribution is -2.35. The van der Waals surface area contributed by atoms with E-state index in [1.54, 1.807) is 18.2 Å². The molecule has 3 rings (SSSR count). The first-order valence-corrected chi connectivity index (χ1v) is 7.73. The zero-order valence-electron chi connectivity index (χ0n) is 13.0. The normalized spacial score (nSPS) is 13.0. The van der Waals surface area contributed by atoms with Gasteiger partial charge in [-0.1, -0.05) is 11.6 Å². The predicted molar refractivity (Wildman–Crippen MR) is 90.0 cm³/mol. The van der Waals surface area contributed by atoms with Crippen molar-refractivity contribution < 1.29 is 23.4 Å². The van der Waals surface area contributed by atoms with Gasteiger partial charge in [-0.15, -0.1) is 10.2 Å². The van der Waals surface area contributed by atoms with Crippen molar-refractivity contribution in [2.24, 2.45) is 0 Å². The molecule has 1 unspecified atom stereocenters. The van der Waals surface area contributed by atoms with Crippen LogP contribution in [0.25, 0.3) is 22.0 Å². The third-order valence-corrected chi connectivity index (χ3v) is 3.87. The Balaban J connectivity index is 2.02. The van der Waals surface area contributed by atoms with Gasteiger partial charge < -0.3 is 15.5 Å². The lowest BCUT2D eigenvalue weighted by Gasteiger charge is -2.16. The fourth-order valence-electron chi connectivity index (χ4n) is 2.34. The van der Waals surface area contributed by atoms with E-state index in [1.165, 1.54) is 18.5 Å². The molecule has 0 aliphatic carbocycles. The number of aromatic hydroxyl groups is 1. The molecule has 1 atom stereocenters. The number of rotatable bonds is 4. The summed E-state index contributed by atoms with van der Waals surface area (Å²) in [6.07, 6.45) is -4.41. The fourth-order valence-corrected chi connectivity index (χ4v) is 2.51. The van der Waals surface area contributed by atoms with Gasteiger partial charge in [0.1, 0.15) is 11.4 Å². The van der Waals surface area contributed by atoms with Crippen LogP contribution in [0.4, 0.5) is 19.0 Å². The molecule has 0 aliphatic heterocycles. The molecule has 0 radical (unpaired) electrons. The minimum atomic E-state index is -4.75. The van der Waals surface area contributed by atoms with Crippen molar-refractivity contribution in [1.82, 2.24) is 15.2 Å². The molecule has 0 amide bonds. The first-order valence-electron chi connectivity index (χ1n) is 7.35. The smallest absolute Gasteiger partial charge is 0.416 e. The molecule has 0 saturated heterocycles. The number of phenolic OH excluding ortho intramolecular Hbond substituents is 1. The Bertz CT molecular complexity index is 952. The van der Waals surface area contributed by atoms with Crippen LogP contribution in [-0.2, 0) is 0 Å². The van der Waals surface area contributed by atoms with Gasteiger partial charge in [-0.3, -0.25) is 4.98 Å². The van der Waals surface area contributed by atoms with E-state index in [2.05, 4.69) is 20.5 Å². The molecular formula is C16H12ClF3N4O2. The standard InChI is InChI=1S/C16H12ClF3N4O2/c17-8-1-2-10(12(25)5-8)14-9-3-4-21-6-11(9)15(24-23-14)22-7-13(26)16(18,19)20/h1-6,13,25-26H,7H2,(H,22,24). The summed E-state index contributed by atoms with van der Waals surface area (Å²) in [6, 6.07) is 6.06. The van der Waals surface area contributed by atoms with Gasteiger partial charge in [0, 0.05) is 33.8 Å². The number of nitrogens with one attached hydrogen (secondary N) is 1. The summed E-state index contributed by atoms with van der Waals surface area (Å²) >= 11 is 5.82. The molecule has 136 valence electrons. The molecule has 0 spiro atoms. The van der Waals surface area contributed by atoms with E-state index in [0.29, 0.717) is 27.1 Å².